The molecule has 0 aromatic carbocycles. The second-order valence-corrected chi connectivity index (χ2v) is 5.36. The summed E-state index contributed by atoms with van der Waals surface area (Å²) in [5, 5.41) is 0. The topological polar surface area (TPSA) is 37.4 Å². The van der Waals surface area contributed by atoms with Crippen LogP contribution in [0.25, 0.3) is 0 Å². The highest BCUT2D eigenvalue weighted by molar-refractivity contribution is 6.05. The summed E-state index contributed by atoms with van der Waals surface area (Å²) >= 11 is 0. The minimum atomic E-state index is -0.0666. The van der Waals surface area contributed by atoms with E-state index in [-0.39, 0.29) is 23.7 Å². The predicted octanol–water partition coefficient (Wildman–Crippen LogP) is 2.52. The summed E-state index contributed by atoms with van der Waals surface area (Å²) in [6.45, 7) is 6.85. The van der Waals surface area contributed by atoms with Gasteiger partial charge >= 0.3 is 0 Å². The Kier molecular flexibility index (Phi) is 3.36. The van der Waals surface area contributed by atoms with Gasteiger partial charge in [0, 0.05) is 6.54 Å². The normalized spacial score (nSPS) is 29.0. The van der Waals surface area contributed by atoms with Gasteiger partial charge in [-0.25, -0.2) is 0 Å². The third kappa shape index (κ3) is 2.03. The molecule has 0 aromatic heterocycles. The first-order valence-electron chi connectivity index (χ1n) is 6.56. The van der Waals surface area contributed by atoms with Crippen LogP contribution in [-0.4, -0.2) is 23.3 Å². The van der Waals surface area contributed by atoms with Gasteiger partial charge in [0.1, 0.15) is 0 Å². The molecule has 0 N–H and O–H groups in total. The standard InChI is InChI=1S/C14H21NO2/c1-4-5-6-15-13(16)11-7-9(2)10(3)8-12(11)14(15)17/h11-12H,4-8H2,1-3H3. The maximum atomic E-state index is 12.2. The molecule has 0 spiro atoms. The van der Waals surface area contributed by atoms with Crippen molar-refractivity contribution in [2.75, 3.05) is 6.54 Å². The predicted molar refractivity (Wildman–Crippen MR) is 66.2 cm³/mol. The van der Waals surface area contributed by atoms with Crippen LogP contribution in [0.15, 0.2) is 11.1 Å². The van der Waals surface area contributed by atoms with Crippen LogP contribution in [0.2, 0.25) is 0 Å². The molecular weight excluding hydrogens is 214 g/mol. The van der Waals surface area contributed by atoms with Gasteiger partial charge in [0.15, 0.2) is 0 Å². The second-order valence-electron chi connectivity index (χ2n) is 5.36. The van der Waals surface area contributed by atoms with Crippen LogP contribution in [0.4, 0.5) is 0 Å². The van der Waals surface area contributed by atoms with E-state index >= 15 is 0 Å². The molecule has 3 heteroatoms. The van der Waals surface area contributed by atoms with Gasteiger partial charge in [-0.1, -0.05) is 24.5 Å². The summed E-state index contributed by atoms with van der Waals surface area (Å²) in [7, 11) is 0. The van der Waals surface area contributed by atoms with Crippen LogP contribution < -0.4 is 0 Å². The highest BCUT2D eigenvalue weighted by atomic mass is 16.2. The van der Waals surface area contributed by atoms with Gasteiger partial charge in [0.2, 0.25) is 11.8 Å². The molecule has 2 amide bonds. The summed E-state index contributed by atoms with van der Waals surface area (Å²) in [5.41, 5.74) is 2.59. The van der Waals surface area contributed by atoms with Crippen LogP contribution in [0.5, 0.6) is 0 Å². The molecule has 1 saturated heterocycles. The third-order valence-corrected chi connectivity index (χ3v) is 4.17. The number of fused-ring (bicyclic) bond motifs is 1. The van der Waals surface area contributed by atoms with Gasteiger partial charge < -0.3 is 0 Å². The number of hydrogen-bond acceptors (Lipinski definition) is 2. The number of carbonyl (C=O) groups is 2. The first-order chi connectivity index (χ1) is 8.06. The quantitative estimate of drug-likeness (QED) is 0.557. The fourth-order valence-electron chi connectivity index (χ4n) is 2.86. The van der Waals surface area contributed by atoms with Gasteiger partial charge in [-0.3, -0.25) is 14.5 Å². The molecule has 0 aromatic rings. The van der Waals surface area contributed by atoms with E-state index in [0.717, 1.165) is 25.7 Å². The van der Waals surface area contributed by atoms with E-state index in [1.54, 1.807) is 0 Å². The molecule has 1 aliphatic heterocycles. The molecule has 1 heterocycles. The Morgan fingerprint density at radius 2 is 1.53 bits per heavy atom. The van der Waals surface area contributed by atoms with E-state index in [0.29, 0.717) is 6.54 Å². The Morgan fingerprint density at radius 3 is 1.94 bits per heavy atom. The zero-order valence-electron chi connectivity index (χ0n) is 11.0. The minimum Gasteiger partial charge on any atom is -0.282 e. The molecule has 0 bridgehead atoms. The number of nitrogens with zero attached hydrogens (tertiary/aromatic N) is 1. The number of unbranched alkanes of at least 4 members (excludes halogenated alkanes) is 1. The molecule has 1 fully saturated rings. The molecule has 3 nitrogen and oxygen atoms in total. The number of carbonyl (C=O) groups excluding carboxylic acids is 2. The average molecular weight is 235 g/mol. The van der Waals surface area contributed by atoms with Crippen molar-refractivity contribution in [3.05, 3.63) is 11.1 Å². The van der Waals surface area contributed by atoms with Gasteiger partial charge in [0.25, 0.3) is 0 Å². The van der Waals surface area contributed by atoms with Crippen molar-refractivity contribution in [1.29, 1.82) is 0 Å². The summed E-state index contributed by atoms with van der Waals surface area (Å²) in [6.07, 6.45) is 3.50. The Balaban J connectivity index is 2.16. The number of allylic oxidation sites excluding steroid dienone is 2. The maximum Gasteiger partial charge on any atom is 0.233 e. The average Bonchev–Trinajstić information content (AvgIpc) is 2.51. The SMILES string of the molecule is CCCCN1C(=O)C2CC(C)=C(C)CC2C1=O. The molecule has 2 rings (SSSR count). The minimum absolute atomic E-state index is 0.0666. The smallest absolute Gasteiger partial charge is 0.233 e. The molecule has 2 atom stereocenters. The van der Waals surface area contributed by atoms with Crippen molar-refractivity contribution >= 4 is 11.8 Å². The Bertz CT molecular complexity index is 352. The van der Waals surface area contributed by atoms with Gasteiger partial charge in [-0.2, -0.15) is 0 Å². The van der Waals surface area contributed by atoms with Crippen LogP contribution in [0, 0.1) is 11.8 Å². The Labute approximate surface area is 103 Å². The van der Waals surface area contributed by atoms with Crippen molar-refractivity contribution in [3.63, 3.8) is 0 Å². The summed E-state index contributed by atoms with van der Waals surface area (Å²) in [4.78, 5) is 25.9. The second kappa shape index (κ2) is 4.63. The maximum absolute atomic E-state index is 12.2. The summed E-state index contributed by atoms with van der Waals surface area (Å²) in [5.74, 6) is 0.00622. The van der Waals surface area contributed by atoms with Crippen molar-refractivity contribution in [2.24, 2.45) is 11.8 Å². The Hall–Kier alpha value is -1.12. The fourth-order valence-corrected chi connectivity index (χ4v) is 2.86. The van der Waals surface area contributed by atoms with E-state index in [1.165, 1.54) is 16.0 Å². The largest absolute Gasteiger partial charge is 0.282 e. The van der Waals surface area contributed by atoms with E-state index in [1.807, 2.05) is 0 Å². The number of imide groups is 1. The first kappa shape index (κ1) is 12.3. The van der Waals surface area contributed by atoms with E-state index in [4.69, 9.17) is 0 Å². The number of likely N-dealkylation sites (tertiary alicyclic amines) is 1. The highest BCUT2D eigenvalue weighted by Gasteiger charge is 2.48. The van der Waals surface area contributed by atoms with Gasteiger partial charge in [-0.05, 0) is 33.1 Å². The summed E-state index contributed by atoms with van der Waals surface area (Å²) in [6, 6.07) is 0. The molecule has 0 radical (unpaired) electrons. The molecule has 94 valence electrons. The molecule has 1 aliphatic carbocycles. The molecule has 2 unspecified atom stereocenters. The van der Waals surface area contributed by atoms with Crippen LogP contribution >= 0.6 is 0 Å². The first-order valence-corrected chi connectivity index (χ1v) is 6.56. The lowest BCUT2D eigenvalue weighted by molar-refractivity contribution is -0.139. The van der Waals surface area contributed by atoms with E-state index in [9.17, 15) is 9.59 Å². The number of hydrogen-bond donors (Lipinski definition) is 0. The van der Waals surface area contributed by atoms with E-state index < -0.39 is 0 Å². The van der Waals surface area contributed by atoms with Gasteiger partial charge in [0.05, 0.1) is 11.8 Å². The van der Waals surface area contributed by atoms with Crippen LogP contribution in [0.3, 0.4) is 0 Å². The number of rotatable bonds is 3. The summed E-state index contributed by atoms with van der Waals surface area (Å²) < 4.78 is 0. The Morgan fingerprint density at radius 1 is 1.06 bits per heavy atom. The highest BCUT2D eigenvalue weighted by Crippen LogP contribution is 2.40. The van der Waals surface area contributed by atoms with Crippen molar-refractivity contribution in [2.45, 2.75) is 46.5 Å². The van der Waals surface area contributed by atoms with Crippen molar-refractivity contribution < 1.29 is 9.59 Å². The lowest BCUT2D eigenvalue weighted by Crippen LogP contribution is -2.32. The van der Waals surface area contributed by atoms with Crippen molar-refractivity contribution in [3.8, 4) is 0 Å². The fraction of sp³-hybridized carbons (Fsp3) is 0.714. The molecule has 0 saturated carbocycles. The number of amides is 2. The van der Waals surface area contributed by atoms with Gasteiger partial charge in [-0.15, -0.1) is 0 Å². The lowest BCUT2D eigenvalue weighted by atomic mass is 9.78. The molecule has 17 heavy (non-hydrogen) atoms. The lowest BCUT2D eigenvalue weighted by Gasteiger charge is -2.23. The molecular formula is C14H21NO2. The third-order valence-electron chi connectivity index (χ3n) is 4.17. The monoisotopic (exact) mass is 235 g/mol. The van der Waals surface area contributed by atoms with Crippen molar-refractivity contribution in [1.82, 2.24) is 4.90 Å². The van der Waals surface area contributed by atoms with E-state index in [2.05, 4.69) is 20.8 Å². The zero-order chi connectivity index (χ0) is 12.6. The van der Waals surface area contributed by atoms with Crippen LogP contribution in [-0.2, 0) is 9.59 Å². The van der Waals surface area contributed by atoms with Crippen LogP contribution in [0.1, 0.15) is 46.5 Å². The zero-order valence-corrected chi connectivity index (χ0v) is 11.0. The molecule has 2 aliphatic rings.